The molecular weight excluding hydrogens is 564 g/mol. The van der Waals surface area contributed by atoms with E-state index in [1.54, 1.807) is 30.7 Å². The van der Waals surface area contributed by atoms with Crippen LogP contribution in [-0.4, -0.2) is 62.1 Å². The summed E-state index contributed by atoms with van der Waals surface area (Å²) in [5, 5.41) is 4.42. The summed E-state index contributed by atoms with van der Waals surface area (Å²) in [7, 11) is -3.76. The van der Waals surface area contributed by atoms with Gasteiger partial charge in [0.15, 0.2) is 15.5 Å². The van der Waals surface area contributed by atoms with Gasteiger partial charge in [-0.1, -0.05) is 36.4 Å². The highest BCUT2D eigenvalue weighted by molar-refractivity contribution is 7.91. The van der Waals surface area contributed by atoms with Crippen LogP contribution in [0.5, 0.6) is 0 Å². The lowest BCUT2D eigenvalue weighted by molar-refractivity contribution is 0.0569. The molecule has 5 aromatic rings. The Morgan fingerprint density at radius 2 is 1.65 bits per heavy atom. The number of anilines is 2. The van der Waals surface area contributed by atoms with Crippen LogP contribution in [0.1, 0.15) is 47.7 Å². The molecule has 43 heavy (non-hydrogen) atoms. The van der Waals surface area contributed by atoms with Crippen molar-refractivity contribution >= 4 is 33.0 Å². The number of rotatable bonds is 5. The van der Waals surface area contributed by atoms with Crippen LogP contribution < -0.4 is 11.5 Å². The molecule has 0 radical (unpaired) electrons. The number of pyridine rings is 2. The van der Waals surface area contributed by atoms with Gasteiger partial charge in [0.05, 0.1) is 23.1 Å². The van der Waals surface area contributed by atoms with Gasteiger partial charge in [-0.05, 0) is 43.9 Å². The third-order valence-corrected chi connectivity index (χ3v) is 9.76. The third kappa shape index (κ3) is 4.58. The predicted molar refractivity (Wildman–Crippen MR) is 163 cm³/mol. The van der Waals surface area contributed by atoms with Crippen molar-refractivity contribution in [2.24, 2.45) is 0 Å². The largest absolute Gasteiger partial charge is 0.383 e. The first-order chi connectivity index (χ1) is 20.7. The number of amides is 1. The molecule has 12 heteroatoms. The van der Waals surface area contributed by atoms with Crippen molar-refractivity contribution in [2.45, 2.75) is 48.6 Å². The molecule has 2 atom stereocenters. The summed E-state index contributed by atoms with van der Waals surface area (Å²) in [6.45, 7) is 0. The average Bonchev–Trinajstić information content (AvgIpc) is 3.55. The number of fused-ring (bicyclic) bond motifs is 3. The van der Waals surface area contributed by atoms with Crippen LogP contribution in [0.4, 0.5) is 11.6 Å². The second-order valence-corrected chi connectivity index (χ2v) is 13.2. The molecule has 7 rings (SSSR count). The van der Waals surface area contributed by atoms with Gasteiger partial charge in [0.2, 0.25) is 0 Å². The van der Waals surface area contributed by atoms with E-state index in [4.69, 9.17) is 16.5 Å². The summed E-state index contributed by atoms with van der Waals surface area (Å²) in [6, 6.07) is 17.0. The molecule has 1 amide bonds. The van der Waals surface area contributed by atoms with Gasteiger partial charge in [-0.15, -0.1) is 0 Å². The molecule has 2 fully saturated rings. The van der Waals surface area contributed by atoms with Gasteiger partial charge in [0.1, 0.15) is 16.5 Å². The monoisotopic (exact) mass is 594 g/mol. The zero-order valence-electron chi connectivity index (χ0n) is 23.5. The van der Waals surface area contributed by atoms with Crippen LogP contribution in [0.3, 0.4) is 0 Å². The first kappa shape index (κ1) is 27.0. The standard InChI is InChI=1S/C31H30N8O3S/c1-43(41,42)27-26(20-14-21-10-11-22(15-20)38(21)31(40)23-8-5-13-34-28(23)32)37-30-24(17-36-39(30)29(27)33)19-9-12-25(35-16-19)18-6-3-2-4-7-18/h2-9,12-13,16-17,20-22H,10-11,14-15,33H2,1H3,(H2,32,34). The van der Waals surface area contributed by atoms with Crippen LogP contribution in [0.25, 0.3) is 28.0 Å². The number of carbonyl (C=O) groups excluding carboxylic acids is 1. The summed E-state index contributed by atoms with van der Waals surface area (Å²) in [4.78, 5) is 29.1. The molecule has 0 spiro atoms. The Kier molecular flexibility index (Phi) is 6.38. The minimum Gasteiger partial charge on any atom is -0.383 e. The summed E-state index contributed by atoms with van der Waals surface area (Å²) in [6.07, 6.45) is 8.85. The highest BCUT2D eigenvalue weighted by Gasteiger charge is 2.46. The van der Waals surface area contributed by atoms with E-state index in [2.05, 4.69) is 15.1 Å². The molecule has 2 aliphatic heterocycles. The lowest BCUT2D eigenvalue weighted by Crippen LogP contribution is -2.46. The van der Waals surface area contributed by atoms with Crippen molar-refractivity contribution in [2.75, 3.05) is 17.7 Å². The number of hydrogen-bond acceptors (Lipinski definition) is 9. The van der Waals surface area contributed by atoms with Crippen LogP contribution in [0, 0.1) is 0 Å². The first-order valence-corrected chi connectivity index (χ1v) is 16.0. The van der Waals surface area contributed by atoms with E-state index in [0.29, 0.717) is 35.3 Å². The Balaban J connectivity index is 1.27. The maximum absolute atomic E-state index is 13.5. The molecule has 218 valence electrons. The molecule has 2 aliphatic rings. The Bertz CT molecular complexity index is 1960. The number of nitrogens with two attached hydrogens (primary N) is 2. The van der Waals surface area contributed by atoms with Gasteiger partial charge in [-0.2, -0.15) is 9.61 Å². The molecule has 0 aliphatic carbocycles. The second kappa shape index (κ2) is 10.2. The van der Waals surface area contributed by atoms with Crippen molar-refractivity contribution in [3.8, 4) is 22.4 Å². The van der Waals surface area contributed by atoms with E-state index in [1.165, 1.54) is 4.52 Å². The quantitative estimate of drug-likeness (QED) is 0.306. The van der Waals surface area contributed by atoms with Crippen molar-refractivity contribution in [1.82, 2.24) is 29.5 Å². The van der Waals surface area contributed by atoms with Crippen molar-refractivity contribution in [3.63, 3.8) is 0 Å². The van der Waals surface area contributed by atoms with E-state index >= 15 is 0 Å². The van der Waals surface area contributed by atoms with Gasteiger partial charge < -0.3 is 16.4 Å². The number of carbonyl (C=O) groups is 1. The summed E-state index contributed by atoms with van der Waals surface area (Å²) in [5.41, 5.74) is 17.1. The van der Waals surface area contributed by atoms with Gasteiger partial charge >= 0.3 is 0 Å². The van der Waals surface area contributed by atoms with E-state index in [-0.39, 0.29) is 40.4 Å². The zero-order valence-corrected chi connectivity index (χ0v) is 24.3. The fraction of sp³-hybridized carbons (Fsp3) is 0.258. The molecular formula is C31H30N8O3S. The Labute approximate surface area is 248 Å². The lowest BCUT2D eigenvalue weighted by Gasteiger charge is -2.39. The SMILES string of the molecule is CS(=O)(=O)c1c(C2CC3CCC(C2)N3C(=O)c2cccnc2N)nc2c(-c3ccc(-c4ccccc4)nc3)cnn2c1N. The maximum atomic E-state index is 13.5. The van der Waals surface area contributed by atoms with Crippen molar-refractivity contribution in [3.05, 3.63) is 84.4 Å². The number of nitrogens with zero attached hydrogens (tertiary/aromatic N) is 6. The lowest BCUT2D eigenvalue weighted by atomic mass is 9.87. The number of hydrogen-bond donors (Lipinski definition) is 2. The number of sulfone groups is 1. The predicted octanol–water partition coefficient (Wildman–Crippen LogP) is 3.97. The molecule has 4 aromatic heterocycles. The molecule has 0 saturated carbocycles. The Morgan fingerprint density at radius 3 is 2.30 bits per heavy atom. The number of piperidine rings is 1. The fourth-order valence-electron chi connectivity index (χ4n) is 6.68. The summed E-state index contributed by atoms with van der Waals surface area (Å²) < 4.78 is 27.6. The molecule has 4 N–H and O–H groups in total. The van der Waals surface area contributed by atoms with Crippen LogP contribution in [-0.2, 0) is 9.84 Å². The van der Waals surface area contributed by atoms with Gasteiger partial charge in [-0.25, -0.2) is 18.4 Å². The van der Waals surface area contributed by atoms with E-state index < -0.39 is 9.84 Å². The molecule has 1 aromatic carbocycles. The van der Waals surface area contributed by atoms with Gasteiger partial charge in [-0.3, -0.25) is 9.78 Å². The van der Waals surface area contributed by atoms with Crippen LogP contribution in [0.15, 0.2) is 78.1 Å². The fourth-order valence-corrected chi connectivity index (χ4v) is 7.74. The van der Waals surface area contributed by atoms with E-state index in [0.717, 1.165) is 35.9 Å². The van der Waals surface area contributed by atoms with Gasteiger partial charge in [0, 0.05) is 53.3 Å². The van der Waals surface area contributed by atoms with E-state index in [9.17, 15) is 13.2 Å². The maximum Gasteiger partial charge on any atom is 0.258 e. The average molecular weight is 595 g/mol. The summed E-state index contributed by atoms with van der Waals surface area (Å²) >= 11 is 0. The minimum absolute atomic E-state index is 0.00659. The van der Waals surface area contributed by atoms with E-state index in [1.807, 2.05) is 47.4 Å². The van der Waals surface area contributed by atoms with Crippen molar-refractivity contribution < 1.29 is 13.2 Å². The number of aromatic nitrogens is 5. The number of benzene rings is 1. The first-order valence-electron chi connectivity index (χ1n) is 14.1. The third-order valence-electron chi connectivity index (χ3n) is 8.60. The molecule has 2 bridgehead atoms. The molecule has 6 heterocycles. The smallest absolute Gasteiger partial charge is 0.258 e. The minimum atomic E-state index is -3.76. The highest BCUT2D eigenvalue weighted by atomic mass is 32.2. The summed E-state index contributed by atoms with van der Waals surface area (Å²) in [5.74, 6) is -0.136. The highest BCUT2D eigenvalue weighted by Crippen LogP contribution is 2.46. The van der Waals surface area contributed by atoms with Crippen LogP contribution >= 0.6 is 0 Å². The normalized spacial score (nSPS) is 20.0. The zero-order chi connectivity index (χ0) is 29.9. The number of nitrogen functional groups attached to an aromatic ring is 2. The molecule has 11 nitrogen and oxygen atoms in total. The van der Waals surface area contributed by atoms with Crippen molar-refractivity contribution in [1.29, 1.82) is 0 Å². The van der Waals surface area contributed by atoms with Crippen LogP contribution in [0.2, 0.25) is 0 Å². The Hall–Kier alpha value is -4.84. The Morgan fingerprint density at radius 1 is 0.907 bits per heavy atom. The molecule has 2 saturated heterocycles. The topological polar surface area (TPSA) is 162 Å². The molecule has 2 unspecified atom stereocenters. The van der Waals surface area contributed by atoms with Gasteiger partial charge in [0.25, 0.3) is 5.91 Å². The second-order valence-electron chi connectivity index (χ2n) is 11.3.